The molecule has 9 nitrogen and oxygen atoms in total. The Morgan fingerprint density at radius 3 is 1.41 bits per heavy atom. The Morgan fingerprint density at radius 1 is 0.508 bits per heavy atom. The molecule has 0 aromatic heterocycles. The predicted molar refractivity (Wildman–Crippen MR) is 251 cm³/mol. The van der Waals surface area contributed by atoms with Crippen molar-refractivity contribution in [1.29, 1.82) is 0 Å². The van der Waals surface area contributed by atoms with Gasteiger partial charge in [0.2, 0.25) is 0 Å². The van der Waals surface area contributed by atoms with Gasteiger partial charge in [-0.1, -0.05) is 164 Å². The van der Waals surface area contributed by atoms with Crippen LogP contribution < -0.4 is 5.11 Å². The lowest BCUT2D eigenvalue weighted by Gasteiger charge is -2.26. The maximum atomic E-state index is 12.7. The smallest absolute Gasteiger partial charge is 0.306 e. The molecule has 0 radical (unpaired) electrons. The summed E-state index contributed by atoms with van der Waals surface area (Å²) in [4.78, 5) is 37.0. The van der Waals surface area contributed by atoms with E-state index in [9.17, 15) is 19.5 Å². The van der Waals surface area contributed by atoms with Crippen LogP contribution in [0.25, 0.3) is 0 Å². The molecule has 0 saturated heterocycles. The van der Waals surface area contributed by atoms with Crippen LogP contribution >= 0.6 is 0 Å². The summed E-state index contributed by atoms with van der Waals surface area (Å²) in [5.74, 6) is -2.33. The maximum absolute atomic E-state index is 12.7. The van der Waals surface area contributed by atoms with Gasteiger partial charge in [-0.05, 0) is 77.0 Å². The number of hydrogen-bond donors (Lipinski definition) is 0. The number of esters is 2. The molecule has 9 heteroatoms. The van der Waals surface area contributed by atoms with E-state index in [2.05, 4.69) is 74.6 Å². The molecule has 2 atom stereocenters. The number of likely N-dealkylation sites (N-methyl/N-ethyl adjacent to an activating group) is 1. The lowest BCUT2D eigenvalue weighted by molar-refractivity contribution is -0.870. The predicted octanol–water partition coefficient (Wildman–Crippen LogP) is 12.0. The first kappa shape index (κ1) is 58.0. The summed E-state index contributed by atoms with van der Waals surface area (Å²) in [5, 5.41) is 11.7. The van der Waals surface area contributed by atoms with E-state index in [0.717, 1.165) is 64.2 Å². The fourth-order valence-electron chi connectivity index (χ4n) is 6.46. The first-order chi connectivity index (χ1) is 29.6. The molecule has 0 saturated carbocycles. The van der Waals surface area contributed by atoms with Gasteiger partial charge in [-0.2, -0.15) is 0 Å². The zero-order valence-corrected chi connectivity index (χ0v) is 39.8. The van der Waals surface area contributed by atoms with Crippen LogP contribution in [-0.2, 0) is 33.3 Å². The van der Waals surface area contributed by atoms with Crippen LogP contribution in [0.1, 0.15) is 194 Å². The van der Waals surface area contributed by atoms with Crippen LogP contribution in [0.5, 0.6) is 0 Å². The van der Waals surface area contributed by atoms with E-state index in [4.69, 9.17) is 18.9 Å². The Morgan fingerprint density at radius 2 is 0.934 bits per heavy atom. The van der Waals surface area contributed by atoms with Gasteiger partial charge in [0.25, 0.3) is 0 Å². The van der Waals surface area contributed by atoms with E-state index in [0.29, 0.717) is 17.4 Å². The van der Waals surface area contributed by atoms with Crippen molar-refractivity contribution >= 4 is 17.9 Å². The number of rotatable bonds is 44. The number of carbonyl (C=O) groups excluding carboxylic acids is 3. The van der Waals surface area contributed by atoms with E-state index in [1.165, 1.54) is 96.3 Å². The maximum Gasteiger partial charge on any atom is 0.306 e. The number of carboxylic acids is 1. The molecule has 0 aliphatic rings. The van der Waals surface area contributed by atoms with E-state index in [-0.39, 0.29) is 38.6 Å². The number of quaternary nitrogens is 1. The fraction of sp³-hybridized carbons (Fsp3) is 0.750. The molecule has 2 unspecified atom stereocenters. The standard InChI is InChI=1S/C52H91NO8/c1-6-8-10-12-14-16-18-20-21-22-23-24-25-26-27-28-29-31-32-34-36-38-40-42-49(54)59-46-48(47-60-52(51(56)57)58-45-44-53(3,4)5)61-50(55)43-41-39-37-35-33-30-19-17-15-13-11-9-7-2/h9,11,15,17-18,20,22-23,30,33,48,52H,6-8,10,12-14,16,19,21,24-29,31-32,34-47H2,1-5H3/b11-9-,17-15-,20-18-,23-22-,33-30-. The van der Waals surface area contributed by atoms with Crippen LogP contribution in [0.4, 0.5) is 0 Å². The average Bonchev–Trinajstić information content (AvgIpc) is 3.22. The largest absolute Gasteiger partial charge is 0.545 e. The fourth-order valence-corrected chi connectivity index (χ4v) is 6.46. The molecule has 0 bridgehead atoms. The van der Waals surface area contributed by atoms with Crippen molar-refractivity contribution < 1.29 is 42.9 Å². The van der Waals surface area contributed by atoms with Crippen LogP contribution in [-0.4, -0.2) is 82.3 Å². The third kappa shape index (κ3) is 44.8. The lowest BCUT2D eigenvalue weighted by Crippen LogP contribution is -2.44. The summed E-state index contributed by atoms with van der Waals surface area (Å²) in [6.07, 6.45) is 49.8. The van der Waals surface area contributed by atoms with Gasteiger partial charge in [-0.3, -0.25) is 9.59 Å². The highest BCUT2D eigenvalue weighted by atomic mass is 16.7. The molecule has 0 rings (SSSR count). The Hall–Kier alpha value is -3.01. The van der Waals surface area contributed by atoms with Gasteiger partial charge < -0.3 is 33.3 Å². The zero-order valence-electron chi connectivity index (χ0n) is 39.8. The van der Waals surface area contributed by atoms with Crippen molar-refractivity contribution in [1.82, 2.24) is 0 Å². The quantitative estimate of drug-likeness (QED) is 0.0196. The summed E-state index contributed by atoms with van der Waals surface area (Å²) in [5.41, 5.74) is 0. The van der Waals surface area contributed by atoms with Crippen molar-refractivity contribution in [2.24, 2.45) is 0 Å². The molecule has 0 spiro atoms. The highest BCUT2D eigenvalue weighted by molar-refractivity contribution is 5.70. The summed E-state index contributed by atoms with van der Waals surface area (Å²) in [6, 6.07) is 0. The van der Waals surface area contributed by atoms with Crippen molar-refractivity contribution in [3.63, 3.8) is 0 Å². The molecule has 352 valence electrons. The van der Waals surface area contributed by atoms with Crippen molar-refractivity contribution in [2.75, 3.05) is 47.5 Å². The Kier molecular flexibility index (Phi) is 41.5. The van der Waals surface area contributed by atoms with Gasteiger partial charge >= 0.3 is 11.9 Å². The van der Waals surface area contributed by atoms with Gasteiger partial charge in [-0.25, -0.2) is 0 Å². The van der Waals surface area contributed by atoms with Crippen LogP contribution in [0.3, 0.4) is 0 Å². The Bertz CT molecular complexity index is 1180. The number of hydrogen-bond acceptors (Lipinski definition) is 8. The van der Waals surface area contributed by atoms with Gasteiger partial charge in [-0.15, -0.1) is 0 Å². The summed E-state index contributed by atoms with van der Waals surface area (Å²) in [6.45, 7) is 4.57. The van der Waals surface area contributed by atoms with E-state index in [1.807, 2.05) is 21.1 Å². The molecule has 0 aromatic carbocycles. The molecule has 0 aromatic rings. The summed E-state index contributed by atoms with van der Waals surface area (Å²) >= 11 is 0. The minimum atomic E-state index is -1.63. The second-order valence-electron chi connectivity index (χ2n) is 17.4. The van der Waals surface area contributed by atoms with E-state index in [1.54, 1.807) is 0 Å². The minimum Gasteiger partial charge on any atom is -0.545 e. The van der Waals surface area contributed by atoms with Gasteiger partial charge in [0.1, 0.15) is 13.2 Å². The monoisotopic (exact) mass is 858 g/mol. The number of carboxylic acid groups (broad SMARTS) is 1. The molecule has 0 fully saturated rings. The second kappa shape index (κ2) is 43.6. The third-order valence-electron chi connectivity index (χ3n) is 10.2. The topological polar surface area (TPSA) is 111 Å². The molecule has 61 heavy (non-hydrogen) atoms. The molecule has 0 aliphatic carbocycles. The number of aliphatic carboxylic acids is 1. The molecular formula is C52H91NO8. The zero-order chi connectivity index (χ0) is 44.9. The summed E-state index contributed by atoms with van der Waals surface area (Å²) in [7, 11) is 5.89. The molecule has 0 amide bonds. The number of carbonyl (C=O) groups is 3. The molecule has 0 heterocycles. The van der Waals surface area contributed by atoms with Crippen LogP contribution in [0, 0.1) is 0 Å². The van der Waals surface area contributed by atoms with Crippen molar-refractivity contribution in [2.45, 2.75) is 206 Å². The number of allylic oxidation sites excluding steroid dienone is 10. The van der Waals surface area contributed by atoms with Gasteiger partial charge in [0.15, 0.2) is 12.4 Å². The molecule has 0 N–H and O–H groups in total. The summed E-state index contributed by atoms with van der Waals surface area (Å²) < 4.78 is 22.5. The first-order valence-corrected chi connectivity index (χ1v) is 24.4. The van der Waals surface area contributed by atoms with Crippen LogP contribution in [0.15, 0.2) is 60.8 Å². The lowest BCUT2D eigenvalue weighted by atomic mass is 10.0. The van der Waals surface area contributed by atoms with Crippen molar-refractivity contribution in [3.8, 4) is 0 Å². The minimum absolute atomic E-state index is 0.139. The van der Waals surface area contributed by atoms with Crippen LogP contribution in [0.2, 0.25) is 0 Å². The SMILES string of the molecule is CC/C=C\C/C=C\C/C=C\CCCCCC(=O)OC(COC(=O)CCCCCCCCCCCCC/C=C\C/C=C\CCCCCCC)COC(OCC[N+](C)(C)C)C(=O)[O-]. The Balaban J connectivity index is 4.33. The highest BCUT2D eigenvalue weighted by Crippen LogP contribution is 2.14. The average molecular weight is 858 g/mol. The highest BCUT2D eigenvalue weighted by Gasteiger charge is 2.21. The second-order valence-corrected chi connectivity index (χ2v) is 17.4. The number of nitrogens with zero attached hydrogens (tertiary/aromatic N) is 1. The third-order valence-corrected chi connectivity index (χ3v) is 10.2. The molecule has 0 aliphatic heterocycles. The van der Waals surface area contributed by atoms with Gasteiger partial charge in [0.05, 0.1) is 40.3 Å². The number of unbranched alkanes of at least 4 members (excludes halogenated alkanes) is 19. The van der Waals surface area contributed by atoms with E-state index >= 15 is 0 Å². The van der Waals surface area contributed by atoms with Crippen molar-refractivity contribution in [3.05, 3.63) is 60.8 Å². The van der Waals surface area contributed by atoms with E-state index < -0.39 is 24.3 Å². The normalized spacial score (nSPS) is 13.4. The first-order valence-electron chi connectivity index (χ1n) is 24.4. The molecular weight excluding hydrogens is 767 g/mol. The Labute approximate surface area is 374 Å². The number of ether oxygens (including phenoxy) is 4. The van der Waals surface area contributed by atoms with Gasteiger partial charge in [0, 0.05) is 12.8 Å².